The van der Waals surface area contributed by atoms with Gasteiger partial charge in [0.05, 0.1) is 18.7 Å². The summed E-state index contributed by atoms with van der Waals surface area (Å²) in [6.07, 6.45) is 1.56. The summed E-state index contributed by atoms with van der Waals surface area (Å²) in [7, 11) is 0. The van der Waals surface area contributed by atoms with E-state index in [0.29, 0.717) is 19.5 Å². The second-order valence-electron chi connectivity index (χ2n) is 4.94. The van der Waals surface area contributed by atoms with Crippen molar-refractivity contribution in [1.82, 2.24) is 4.90 Å². The number of para-hydroxylation sites is 1. The zero-order chi connectivity index (χ0) is 13.9. The second kappa shape index (κ2) is 5.57. The van der Waals surface area contributed by atoms with Gasteiger partial charge in [0.15, 0.2) is 18.2 Å². The van der Waals surface area contributed by atoms with Crippen LogP contribution in [-0.2, 0) is 4.79 Å². The summed E-state index contributed by atoms with van der Waals surface area (Å²) in [5.74, 6) is -0.648. The number of nitrogens with zero attached hydrogens (tertiary/aromatic N) is 1. The lowest BCUT2D eigenvalue weighted by Crippen LogP contribution is -2.64. The van der Waals surface area contributed by atoms with Crippen LogP contribution in [0.4, 0.5) is 4.39 Å². The van der Waals surface area contributed by atoms with Crippen LogP contribution in [0.1, 0.15) is 19.8 Å². The lowest BCUT2D eigenvalue weighted by atomic mass is 9.89. The second-order valence-corrected chi connectivity index (χ2v) is 4.94. The first-order chi connectivity index (χ1) is 9.04. The Labute approximate surface area is 111 Å². The molecule has 0 aliphatic carbocycles. The average Bonchev–Trinajstić information content (AvgIpc) is 2.35. The number of ether oxygens (including phenoxy) is 1. The molecule has 1 saturated heterocycles. The van der Waals surface area contributed by atoms with Crippen molar-refractivity contribution in [3.05, 3.63) is 30.1 Å². The minimum absolute atomic E-state index is 0.0696. The molecule has 1 heterocycles. The van der Waals surface area contributed by atoms with Gasteiger partial charge < -0.3 is 14.7 Å². The van der Waals surface area contributed by atoms with Crippen LogP contribution in [0.15, 0.2) is 24.3 Å². The minimum atomic E-state index is -0.748. The Hall–Kier alpha value is -1.62. The van der Waals surface area contributed by atoms with Crippen molar-refractivity contribution in [3.63, 3.8) is 0 Å². The number of benzene rings is 1. The number of amides is 1. The standard InChI is InChI=1S/C14H18FNO3/c1-2-7-14(18)9-16(10-14)13(17)8-19-12-6-4-3-5-11(12)15/h3-6,18H,2,7-10H2,1H3. The molecule has 1 fully saturated rings. The van der Waals surface area contributed by atoms with E-state index in [1.165, 1.54) is 17.0 Å². The van der Waals surface area contributed by atoms with Crippen molar-refractivity contribution in [2.75, 3.05) is 19.7 Å². The fourth-order valence-corrected chi connectivity index (χ4v) is 2.26. The normalized spacial score (nSPS) is 16.9. The van der Waals surface area contributed by atoms with Crippen molar-refractivity contribution in [1.29, 1.82) is 0 Å². The van der Waals surface area contributed by atoms with Gasteiger partial charge in [-0.1, -0.05) is 25.5 Å². The lowest BCUT2D eigenvalue weighted by Gasteiger charge is -2.46. The van der Waals surface area contributed by atoms with E-state index in [2.05, 4.69) is 0 Å². The highest BCUT2D eigenvalue weighted by atomic mass is 19.1. The summed E-state index contributed by atoms with van der Waals surface area (Å²) < 4.78 is 18.4. The van der Waals surface area contributed by atoms with E-state index in [0.717, 1.165) is 6.42 Å². The first-order valence-electron chi connectivity index (χ1n) is 6.41. The third-order valence-corrected chi connectivity index (χ3v) is 3.23. The molecule has 104 valence electrons. The molecule has 0 aromatic heterocycles. The third-order valence-electron chi connectivity index (χ3n) is 3.23. The first kappa shape index (κ1) is 13.8. The van der Waals surface area contributed by atoms with Gasteiger partial charge in [-0.2, -0.15) is 0 Å². The van der Waals surface area contributed by atoms with Gasteiger partial charge in [0.1, 0.15) is 0 Å². The maximum Gasteiger partial charge on any atom is 0.260 e. The van der Waals surface area contributed by atoms with Crippen molar-refractivity contribution >= 4 is 5.91 Å². The van der Waals surface area contributed by atoms with Gasteiger partial charge in [-0.3, -0.25) is 4.79 Å². The van der Waals surface area contributed by atoms with Crippen LogP contribution < -0.4 is 4.74 Å². The van der Waals surface area contributed by atoms with Crippen molar-refractivity contribution in [3.8, 4) is 5.75 Å². The molecule has 1 aliphatic rings. The molecule has 0 atom stereocenters. The lowest BCUT2D eigenvalue weighted by molar-refractivity contribution is -0.158. The minimum Gasteiger partial charge on any atom is -0.481 e. The number of hydrogen-bond donors (Lipinski definition) is 1. The predicted molar refractivity (Wildman–Crippen MR) is 68.3 cm³/mol. The Balaban J connectivity index is 1.79. The van der Waals surface area contributed by atoms with Crippen molar-refractivity contribution in [2.45, 2.75) is 25.4 Å². The summed E-state index contributed by atoms with van der Waals surface area (Å²) in [5, 5.41) is 9.96. The van der Waals surface area contributed by atoms with Gasteiger partial charge in [-0.15, -0.1) is 0 Å². The van der Waals surface area contributed by atoms with Gasteiger partial charge in [0.25, 0.3) is 5.91 Å². The van der Waals surface area contributed by atoms with E-state index in [4.69, 9.17) is 4.74 Å². The third kappa shape index (κ3) is 3.23. The zero-order valence-electron chi connectivity index (χ0n) is 10.9. The molecule has 0 saturated carbocycles. The fraction of sp³-hybridized carbons (Fsp3) is 0.500. The Morgan fingerprint density at radius 1 is 1.47 bits per heavy atom. The molecule has 1 N–H and O–H groups in total. The van der Waals surface area contributed by atoms with Gasteiger partial charge in [0.2, 0.25) is 0 Å². The van der Waals surface area contributed by atoms with E-state index < -0.39 is 11.4 Å². The summed E-state index contributed by atoms with van der Waals surface area (Å²) in [6.45, 7) is 2.45. The Bertz CT molecular complexity index is 458. The van der Waals surface area contributed by atoms with E-state index in [-0.39, 0.29) is 18.3 Å². The summed E-state index contributed by atoms with van der Waals surface area (Å²) >= 11 is 0. The van der Waals surface area contributed by atoms with Crippen LogP contribution in [0, 0.1) is 5.82 Å². The molecule has 1 amide bonds. The Kier molecular flexibility index (Phi) is 4.04. The number of carbonyl (C=O) groups excluding carboxylic acids is 1. The SMILES string of the molecule is CCCC1(O)CN(C(=O)COc2ccccc2F)C1. The maximum atomic E-state index is 13.3. The topological polar surface area (TPSA) is 49.8 Å². The van der Waals surface area contributed by atoms with E-state index in [1.54, 1.807) is 12.1 Å². The molecule has 1 aromatic carbocycles. The molecule has 2 rings (SSSR count). The monoisotopic (exact) mass is 267 g/mol. The summed E-state index contributed by atoms with van der Waals surface area (Å²) in [4.78, 5) is 13.3. The van der Waals surface area contributed by atoms with E-state index in [9.17, 15) is 14.3 Å². The number of hydrogen-bond acceptors (Lipinski definition) is 3. The van der Waals surface area contributed by atoms with Crippen LogP contribution in [0.3, 0.4) is 0 Å². The van der Waals surface area contributed by atoms with Crippen LogP contribution >= 0.6 is 0 Å². The zero-order valence-corrected chi connectivity index (χ0v) is 10.9. The molecule has 1 aliphatic heterocycles. The van der Waals surface area contributed by atoms with Crippen LogP contribution in [-0.4, -0.2) is 41.2 Å². The number of β-amino-alcohol motifs (C(OH)–C–C–N with tert-alkyl or cyclic N) is 1. The predicted octanol–water partition coefficient (Wildman–Crippen LogP) is 1.58. The van der Waals surface area contributed by atoms with Crippen molar-refractivity contribution in [2.24, 2.45) is 0 Å². The molecule has 4 nitrogen and oxygen atoms in total. The van der Waals surface area contributed by atoms with E-state index >= 15 is 0 Å². The molecular formula is C14H18FNO3. The highest BCUT2D eigenvalue weighted by Gasteiger charge is 2.42. The number of aliphatic hydroxyl groups is 1. The summed E-state index contributed by atoms with van der Waals surface area (Å²) in [6, 6.07) is 5.96. The number of likely N-dealkylation sites (tertiary alicyclic amines) is 1. The van der Waals surface area contributed by atoms with Crippen LogP contribution in [0.2, 0.25) is 0 Å². The van der Waals surface area contributed by atoms with E-state index in [1.807, 2.05) is 6.92 Å². The number of rotatable bonds is 5. The molecule has 0 radical (unpaired) electrons. The first-order valence-corrected chi connectivity index (χ1v) is 6.41. The Morgan fingerprint density at radius 2 is 2.16 bits per heavy atom. The van der Waals surface area contributed by atoms with Gasteiger partial charge >= 0.3 is 0 Å². The highest BCUT2D eigenvalue weighted by Crippen LogP contribution is 2.26. The average molecular weight is 267 g/mol. The molecule has 5 heteroatoms. The molecular weight excluding hydrogens is 249 g/mol. The molecule has 0 unspecified atom stereocenters. The molecule has 19 heavy (non-hydrogen) atoms. The summed E-state index contributed by atoms with van der Waals surface area (Å²) in [5.41, 5.74) is -0.748. The highest BCUT2D eigenvalue weighted by molar-refractivity contribution is 5.79. The smallest absolute Gasteiger partial charge is 0.260 e. The largest absolute Gasteiger partial charge is 0.481 e. The van der Waals surface area contributed by atoms with Crippen LogP contribution in [0.5, 0.6) is 5.75 Å². The van der Waals surface area contributed by atoms with Crippen LogP contribution in [0.25, 0.3) is 0 Å². The molecule has 1 aromatic rings. The molecule has 0 bridgehead atoms. The Morgan fingerprint density at radius 3 is 2.79 bits per heavy atom. The maximum absolute atomic E-state index is 13.3. The van der Waals surface area contributed by atoms with Gasteiger partial charge in [-0.25, -0.2) is 4.39 Å². The fourth-order valence-electron chi connectivity index (χ4n) is 2.26. The van der Waals surface area contributed by atoms with Gasteiger partial charge in [-0.05, 0) is 18.6 Å². The van der Waals surface area contributed by atoms with Crippen molar-refractivity contribution < 1.29 is 19.0 Å². The number of halogens is 1. The van der Waals surface area contributed by atoms with Gasteiger partial charge in [0, 0.05) is 0 Å². The molecule has 0 spiro atoms. The number of carbonyl (C=O) groups is 1. The quantitative estimate of drug-likeness (QED) is 0.881.